The van der Waals surface area contributed by atoms with E-state index in [1.54, 1.807) is 0 Å². The summed E-state index contributed by atoms with van der Waals surface area (Å²) in [7, 11) is 1.45. The van der Waals surface area contributed by atoms with E-state index < -0.39 is 12.0 Å². The Kier molecular flexibility index (Phi) is 3.51. The Morgan fingerprint density at radius 2 is 1.90 bits per heavy atom. The van der Waals surface area contributed by atoms with Crippen LogP contribution in [0.3, 0.4) is 0 Å². The van der Waals surface area contributed by atoms with Crippen molar-refractivity contribution in [3.05, 3.63) is 0 Å². The lowest BCUT2D eigenvalue weighted by atomic mass is 9.44. The molecular formula is C16H25NO4. The Morgan fingerprint density at radius 1 is 1.29 bits per heavy atom. The monoisotopic (exact) mass is 295 g/mol. The minimum atomic E-state index is -1.03. The van der Waals surface area contributed by atoms with Crippen molar-refractivity contribution in [2.24, 2.45) is 22.7 Å². The molecule has 4 aliphatic rings. The zero-order chi connectivity index (χ0) is 15.3. The number of carbonyl (C=O) groups excluding carboxylic acids is 1. The molecule has 0 aromatic heterocycles. The summed E-state index contributed by atoms with van der Waals surface area (Å²) < 4.78 is 4.91. The molecule has 0 aromatic rings. The lowest BCUT2D eigenvalue weighted by molar-refractivity contribution is -0.159. The molecule has 21 heavy (non-hydrogen) atoms. The maximum absolute atomic E-state index is 12.8. The standard InChI is InChI=1S/C16H25NO4/c1-15-4-10-3-11(5-15)7-16(6-10,9-15)14(20)17-12(8-21-2)13(18)19/h10-12H,3-9H2,1-2H3,(H,17,20)(H,18,19). The first-order valence-corrected chi connectivity index (χ1v) is 7.89. The van der Waals surface area contributed by atoms with Crippen LogP contribution in [0.5, 0.6) is 0 Å². The minimum absolute atomic E-state index is 0.0152. The Hall–Kier alpha value is -1.10. The van der Waals surface area contributed by atoms with E-state index in [4.69, 9.17) is 4.74 Å². The zero-order valence-electron chi connectivity index (χ0n) is 12.9. The molecule has 4 aliphatic carbocycles. The van der Waals surface area contributed by atoms with Crippen molar-refractivity contribution in [2.45, 2.75) is 51.5 Å². The van der Waals surface area contributed by atoms with Crippen molar-refractivity contribution < 1.29 is 19.4 Å². The van der Waals surface area contributed by atoms with E-state index in [1.165, 1.54) is 26.4 Å². The highest BCUT2D eigenvalue weighted by molar-refractivity contribution is 5.88. The van der Waals surface area contributed by atoms with E-state index in [2.05, 4.69) is 12.2 Å². The van der Waals surface area contributed by atoms with Gasteiger partial charge in [0.25, 0.3) is 0 Å². The molecule has 5 nitrogen and oxygen atoms in total. The SMILES string of the molecule is COCC(NC(=O)C12CC3CC(CC(C)(C3)C1)C2)C(=O)O. The third-order valence-corrected chi connectivity index (χ3v) is 5.77. The van der Waals surface area contributed by atoms with Crippen molar-refractivity contribution in [1.82, 2.24) is 5.32 Å². The molecule has 4 rings (SSSR count). The third-order valence-electron chi connectivity index (χ3n) is 5.77. The normalized spacial score (nSPS) is 41.8. The van der Waals surface area contributed by atoms with E-state index in [0.29, 0.717) is 11.8 Å². The highest BCUT2D eigenvalue weighted by atomic mass is 16.5. The molecule has 0 aliphatic heterocycles. The van der Waals surface area contributed by atoms with Gasteiger partial charge in [0.05, 0.1) is 12.0 Å². The lowest BCUT2D eigenvalue weighted by Crippen LogP contribution is -2.59. The summed E-state index contributed by atoms with van der Waals surface area (Å²) in [4.78, 5) is 24.0. The second-order valence-electron chi connectivity index (χ2n) is 7.87. The van der Waals surface area contributed by atoms with Crippen LogP contribution in [0, 0.1) is 22.7 Å². The van der Waals surface area contributed by atoms with Crippen molar-refractivity contribution in [2.75, 3.05) is 13.7 Å². The second kappa shape index (κ2) is 4.97. The Bertz CT molecular complexity index is 447. The molecule has 4 bridgehead atoms. The van der Waals surface area contributed by atoms with Crippen molar-refractivity contribution in [3.8, 4) is 0 Å². The van der Waals surface area contributed by atoms with Gasteiger partial charge < -0.3 is 15.2 Å². The number of methoxy groups -OCH3 is 1. The number of hydrogen-bond acceptors (Lipinski definition) is 3. The van der Waals surface area contributed by atoms with Gasteiger partial charge in [0.1, 0.15) is 0 Å². The van der Waals surface area contributed by atoms with Gasteiger partial charge in [-0.1, -0.05) is 6.92 Å². The predicted octanol–water partition coefficient (Wildman–Crippen LogP) is 1.81. The summed E-state index contributed by atoms with van der Waals surface area (Å²) in [5.74, 6) is 0.203. The molecule has 0 saturated heterocycles. The Balaban J connectivity index is 1.76. The van der Waals surface area contributed by atoms with Gasteiger partial charge in [0.15, 0.2) is 6.04 Å². The van der Waals surface area contributed by atoms with Gasteiger partial charge in [0.2, 0.25) is 5.91 Å². The first-order valence-electron chi connectivity index (χ1n) is 7.89. The van der Waals surface area contributed by atoms with Gasteiger partial charge >= 0.3 is 5.97 Å². The smallest absolute Gasteiger partial charge is 0.328 e. The average molecular weight is 295 g/mol. The van der Waals surface area contributed by atoms with E-state index in [9.17, 15) is 14.7 Å². The van der Waals surface area contributed by atoms with Crippen LogP contribution < -0.4 is 5.32 Å². The number of amides is 1. The van der Waals surface area contributed by atoms with E-state index in [0.717, 1.165) is 19.3 Å². The van der Waals surface area contributed by atoms with Gasteiger partial charge in [-0.2, -0.15) is 0 Å². The fraction of sp³-hybridized carbons (Fsp3) is 0.875. The molecule has 0 spiro atoms. The number of carboxylic acids is 1. The van der Waals surface area contributed by atoms with Gasteiger partial charge in [0, 0.05) is 7.11 Å². The van der Waals surface area contributed by atoms with Crippen molar-refractivity contribution in [1.29, 1.82) is 0 Å². The summed E-state index contributed by atoms with van der Waals surface area (Å²) >= 11 is 0. The van der Waals surface area contributed by atoms with Crippen molar-refractivity contribution >= 4 is 11.9 Å². The minimum Gasteiger partial charge on any atom is -0.480 e. The average Bonchev–Trinajstić information content (AvgIpc) is 2.34. The molecule has 4 saturated carbocycles. The summed E-state index contributed by atoms with van der Waals surface area (Å²) in [5.41, 5.74) is -0.0539. The van der Waals surface area contributed by atoms with Crippen LogP contribution in [0.1, 0.15) is 45.4 Å². The van der Waals surface area contributed by atoms with Gasteiger partial charge in [-0.3, -0.25) is 4.79 Å². The second-order valence-corrected chi connectivity index (χ2v) is 7.87. The molecular weight excluding hydrogens is 270 g/mol. The molecule has 0 radical (unpaired) electrons. The largest absolute Gasteiger partial charge is 0.480 e. The molecule has 3 atom stereocenters. The van der Waals surface area contributed by atoms with E-state index >= 15 is 0 Å². The third kappa shape index (κ3) is 2.56. The number of nitrogens with one attached hydrogen (secondary N) is 1. The zero-order valence-corrected chi connectivity index (χ0v) is 12.9. The van der Waals surface area contributed by atoms with Crippen LogP contribution in [0.15, 0.2) is 0 Å². The first kappa shape index (κ1) is 14.8. The predicted molar refractivity (Wildman–Crippen MR) is 76.7 cm³/mol. The quantitative estimate of drug-likeness (QED) is 0.811. The molecule has 0 aromatic carbocycles. The Labute approximate surface area is 125 Å². The van der Waals surface area contributed by atoms with Gasteiger partial charge in [-0.25, -0.2) is 4.79 Å². The summed E-state index contributed by atoms with van der Waals surface area (Å²) in [6.07, 6.45) is 6.51. The van der Waals surface area contributed by atoms with E-state index in [-0.39, 0.29) is 23.3 Å². The summed E-state index contributed by atoms with van der Waals surface area (Å²) in [5, 5.41) is 11.9. The highest BCUT2D eigenvalue weighted by Gasteiger charge is 2.59. The molecule has 3 unspecified atom stereocenters. The van der Waals surface area contributed by atoms with Crippen LogP contribution >= 0.6 is 0 Å². The van der Waals surface area contributed by atoms with Crippen LogP contribution in [-0.4, -0.2) is 36.7 Å². The molecule has 118 valence electrons. The highest BCUT2D eigenvalue weighted by Crippen LogP contribution is 2.65. The maximum Gasteiger partial charge on any atom is 0.328 e. The molecule has 0 heterocycles. The van der Waals surface area contributed by atoms with Crippen molar-refractivity contribution in [3.63, 3.8) is 0 Å². The number of rotatable bonds is 5. The molecule has 4 fully saturated rings. The fourth-order valence-electron chi connectivity index (χ4n) is 5.64. The maximum atomic E-state index is 12.8. The molecule has 2 N–H and O–H groups in total. The molecule has 1 amide bonds. The van der Waals surface area contributed by atoms with E-state index in [1.807, 2.05) is 0 Å². The first-order chi connectivity index (χ1) is 9.86. The summed E-state index contributed by atoms with van der Waals surface area (Å²) in [6, 6.07) is -0.941. The lowest BCUT2D eigenvalue weighted by Gasteiger charge is -2.60. The van der Waals surface area contributed by atoms with Crippen LogP contribution in [0.2, 0.25) is 0 Å². The fourth-order valence-corrected chi connectivity index (χ4v) is 5.64. The summed E-state index contributed by atoms with van der Waals surface area (Å²) in [6.45, 7) is 2.32. The number of ether oxygens (including phenoxy) is 1. The molecule has 5 heteroatoms. The number of aliphatic carboxylic acids is 1. The van der Waals surface area contributed by atoms with Crippen LogP contribution in [-0.2, 0) is 14.3 Å². The number of carbonyl (C=O) groups is 2. The van der Waals surface area contributed by atoms with Gasteiger partial charge in [-0.05, 0) is 55.8 Å². The number of carboxylic acid groups (broad SMARTS) is 1. The van der Waals surface area contributed by atoms with Gasteiger partial charge in [-0.15, -0.1) is 0 Å². The topological polar surface area (TPSA) is 75.6 Å². The van der Waals surface area contributed by atoms with Crippen LogP contribution in [0.25, 0.3) is 0 Å². The Morgan fingerprint density at radius 3 is 2.38 bits per heavy atom. The number of hydrogen-bond donors (Lipinski definition) is 2. The van der Waals surface area contributed by atoms with Crippen LogP contribution in [0.4, 0.5) is 0 Å².